The van der Waals surface area contributed by atoms with E-state index in [-0.39, 0.29) is 0 Å². The fourth-order valence-electron chi connectivity index (χ4n) is 1.38. The summed E-state index contributed by atoms with van der Waals surface area (Å²) < 4.78 is 5.27. The maximum absolute atomic E-state index is 5.27. The van der Waals surface area contributed by atoms with E-state index in [1.54, 1.807) is 0 Å². The summed E-state index contributed by atoms with van der Waals surface area (Å²) in [6, 6.07) is 11.3. The topological polar surface area (TPSA) is 12.5 Å². The van der Waals surface area contributed by atoms with E-state index >= 15 is 0 Å². The molecule has 1 radical (unpaired) electrons. The molecular formula is C10H12NO. The van der Waals surface area contributed by atoms with Crippen molar-refractivity contribution in [2.45, 2.75) is 0 Å². The molecule has 1 aromatic rings. The Morgan fingerprint density at radius 1 is 1.25 bits per heavy atom. The zero-order chi connectivity index (χ0) is 8.23. The molecule has 0 saturated carbocycles. The second kappa shape index (κ2) is 3.59. The van der Waals surface area contributed by atoms with Crippen molar-refractivity contribution in [2.75, 3.05) is 31.2 Å². The van der Waals surface area contributed by atoms with Crippen molar-refractivity contribution in [3.8, 4) is 0 Å². The molecule has 0 atom stereocenters. The summed E-state index contributed by atoms with van der Waals surface area (Å²) in [6.45, 7) is 3.65. The Bertz CT molecular complexity index is 229. The van der Waals surface area contributed by atoms with Gasteiger partial charge in [0, 0.05) is 24.8 Å². The van der Waals surface area contributed by atoms with Crippen LogP contribution in [-0.2, 0) is 4.74 Å². The zero-order valence-corrected chi connectivity index (χ0v) is 6.99. The van der Waals surface area contributed by atoms with Crippen LogP contribution >= 0.6 is 0 Å². The van der Waals surface area contributed by atoms with Crippen molar-refractivity contribution < 1.29 is 4.74 Å². The minimum atomic E-state index is 0.836. The third-order valence-corrected chi connectivity index (χ3v) is 2.04. The molecule has 1 heterocycles. The van der Waals surface area contributed by atoms with E-state index in [9.17, 15) is 0 Å². The van der Waals surface area contributed by atoms with Gasteiger partial charge in [0.05, 0.1) is 13.2 Å². The highest BCUT2D eigenvalue weighted by Crippen LogP contribution is 2.13. The van der Waals surface area contributed by atoms with Gasteiger partial charge in [-0.2, -0.15) is 0 Å². The van der Waals surface area contributed by atoms with Gasteiger partial charge in [0.2, 0.25) is 0 Å². The van der Waals surface area contributed by atoms with Crippen LogP contribution in [0, 0.1) is 6.07 Å². The van der Waals surface area contributed by atoms with Crippen molar-refractivity contribution in [3.05, 3.63) is 30.3 Å². The number of rotatable bonds is 1. The monoisotopic (exact) mass is 162 g/mol. The second-order valence-corrected chi connectivity index (χ2v) is 2.85. The lowest BCUT2D eigenvalue weighted by atomic mass is 10.3. The maximum Gasteiger partial charge on any atom is 0.0642 e. The van der Waals surface area contributed by atoms with E-state index in [0.717, 1.165) is 26.3 Å². The van der Waals surface area contributed by atoms with E-state index in [1.165, 1.54) is 5.69 Å². The first-order valence-electron chi connectivity index (χ1n) is 4.26. The molecule has 2 rings (SSSR count). The van der Waals surface area contributed by atoms with Crippen LogP contribution in [0.1, 0.15) is 0 Å². The van der Waals surface area contributed by atoms with Crippen LogP contribution < -0.4 is 4.90 Å². The molecule has 2 heteroatoms. The highest BCUT2D eigenvalue weighted by molar-refractivity contribution is 5.44. The lowest BCUT2D eigenvalue weighted by Crippen LogP contribution is -2.36. The van der Waals surface area contributed by atoms with Crippen LogP contribution in [0.4, 0.5) is 5.69 Å². The minimum absolute atomic E-state index is 0.836. The van der Waals surface area contributed by atoms with Crippen molar-refractivity contribution in [1.82, 2.24) is 0 Å². The molecule has 0 unspecified atom stereocenters. The van der Waals surface area contributed by atoms with Gasteiger partial charge in [0.15, 0.2) is 0 Å². The SMILES string of the molecule is [c]1ccccc1N1CCOCC1. The molecule has 63 valence electrons. The highest BCUT2D eigenvalue weighted by atomic mass is 16.5. The molecule has 0 bridgehead atoms. The van der Waals surface area contributed by atoms with Gasteiger partial charge in [0.1, 0.15) is 0 Å². The smallest absolute Gasteiger partial charge is 0.0642 e. The Kier molecular flexibility index (Phi) is 2.28. The largest absolute Gasteiger partial charge is 0.378 e. The van der Waals surface area contributed by atoms with E-state index in [0.29, 0.717) is 0 Å². The molecule has 0 aliphatic carbocycles. The second-order valence-electron chi connectivity index (χ2n) is 2.85. The average molecular weight is 162 g/mol. The third kappa shape index (κ3) is 1.59. The lowest BCUT2D eigenvalue weighted by molar-refractivity contribution is 0.122. The van der Waals surface area contributed by atoms with E-state index < -0.39 is 0 Å². The fraction of sp³-hybridized carbons (Fsp3) is 0.400. The van der Waals surface area contributed by atoms with Crippen LogP contribution in [0.15, 0.2) is 24.3 Å². The average Bonchev–Trinajstić information content (AvgIpc) is 2.21. The molecule has 12 heavy (non-hydrogen) atoms. The standard InChI is InChI=1S/C10H12NO/c1-2-4-10(5-3-1)11-6-8-12-9-7-11/h1-4H,6-9H2. The molecule has 0 amide bonds. The first kappa shape index (κ1) is 7.62. The summed E-state index contributed by atoms with van der Waals surface area (Å²) in [4.78, 5) is 2.30. The number of hydrogen-bond donors (Lipinski definition) is 0. The van der Waals surface area contributed by atoms with Gasteiger partial charge in [0.25, 0.3) is 0 Å². The summed E-state index contributed by atoms with van der Waals surface area (Å²) in [5.41, 5.74) is 1.18. The molecule has 1 aliphatic heterocycles. The molecule has 1 aliphatic rings. The van der Waals surface area contributed by atoms with Crippen molar-refractivity contribution in [1.29, 1.82) is 0 Å². The first-order chi connectivity index (χ1) is 5.97. The zero-order valence-electron chi connectivity index (χ0n) is 6.99. The maximum atomic E-state index is 5.27. The number of hydrogen-bond acceptors (Lipinski definition) is 2. The van der Waals surface area contributed by atoms with Crippen molar-refractivity contribution in [3.63, 3.8) is 0 Å². The number of ether oxygens (including phenoxy) is 1. The molecule has 2 nitrogen and oxygen atoms in total. The Morgan fingerprint density at radius 2 is 2.08 bits per heavy atom. The summed E-state index contributed by atoms with van der Waals surface area (Å²) >= 11 is 0. The molecule has 0 N–H and O–H groups in total. The summed E-state index contributed by atoms with van der Waals surface area (Å²) in [5, 5.41) is 0. The predicted molar refractivity (Wildman–Crippen MR) is 48.3 cm³/mol. The quantitative estimate of drug-likeness (QED) is 0.617. The van der Waals surface area contributed by atoms with Gasteiger partial charge in [-0.25, -0.2) is 0 Å². The number of morpholine rings is 1. The highest BCUT2D eigenvalue weighted by Gasteiger charge is 2.09. The van der Waals surface area contributed by atoms with Crippen LogP contribution in [0.5, 0.6) is 0 Å². The first-order valence-corrected chi connectivity index (χ1v) is 4.26. The van der Waals surface area contributed by atoms with Crippen LogP contribution in [0.25, 0.3) is 0 Å². The third-order valence-electron chi connectivity index (χ3n) is 2.04. The Hall–Kier alpha value is -1.02. The normalized spacial score (nSPS) is 17.8. The van der Waals surface area contributed by atoms with Gasteiger partial charge >= 0.3 is 0 Å². The summed E-state index contributed by atoms with van der Waals surface area (Å²) in [6.07, 6.45) is 0. The van der Waals surface area contributed by atoms with E-state index in [2.05, 4.69) is 17.0 Å². The molecular weight excluding hydrogens is 150 g/mol. The van der Waals surface area contributed by atoms with Crippen LogP contribution in [0.2, 0.25) is 0 Å². The van der Waals surface area contributed by atoms with Crippen molar-refractivity contribution in [2.24, 2.45) is 0 Å². The molecule has 1 saturated heterocycles. The summed E-state index contributed by atoms with van der Waals surface area (Å²) in [5.74, 6) is 0. The number of benzene rings is 1. The minimum Gasteiger partial charge on any atom is -0.378 e. The van der Waals surface area contributed by atoms with Crippen LogP contribution in [0.3, 0.4) is 0 Å². The molecule has 0 aromatic heterocycles. The van der Waals surface area contributed by atoms with Gasteiger partial charge in [-0.3, -0.25) is 0 Å². The van der Waals surface area contributed by atoms with Gasteiger partial charge in [-0.15, -0.1) is 0 Å². The van der Waals surface area contributed by atoms with Gasteiger partial charge in [-0.1, -0.05) is 18.2 Å². The number of para-hydroxylation sites is 1. The number of nitrogens with zero attached hydrogens (tertiary/aromatic N) is 1. The Morgan fingerprint density at radius 3 is 2.75 bits per heavy atom. The van der Waals surface area contributed by atoms with Gasteiger partial charge in [-0.05, 0) is 6.07 Å². The van der Waals surface area contributed by atoms with Crippen molar-refractivity contribution >= 4 is 5.69 Å². The van der Waals surface area contributed by atoms with E-state index in [1.807, 2.05) is 18.2 Å². The molecule has 1 aromatic carbocycles. The van der Waals surface area contributed by atoms with Gasteiger partial charge < -0.3 is 9.64 Å². The Balaban J connectivity index is 2.08. The van der Waals surface area contributed by atoms with E-state index in [4.69, 9.17) is 4.74 Å². The predicted octanol–water partition coefficient (Wildman–Crippen LogP) is 1.32. The molecule has 0 spiro atoms. The lowest BCUT2D eigenvalue weighted by Gasteiger charge is -2.28. The Labute approximate surface area is 72.8 Å². The number of anilines is 1. The van der Waals surface area contributed by atoms with Crippen LogP contribution in [-0.4, -0.2) is 26.3 Å². The summed E-state index contributed by atoms with van der Waals surface area (Å²) in [7, 11) is 0. The fourth-order valence-corrected chi connectivity index (χ4v) is 1.38. The molecule has 1 fully saturated rings.